The lowest BCUT2D eigenvalue weighted by Crippen LogP contribution is -2.12. The van der Waals surface area contributed by atoms with Crippen molar-refractivity contribution in [1.82, 2.24) is 0 Å². The quantitative estimate of drug-likeness (QED) is 0.838. The second-order valence-corrected chi connectivity index (χ2v) is 5.39. The van der Waals surface area contributed by atoms with Gasteiger partial charge in [0.05, 0.1) is 6.10 Å². The van der Waals surface area contributed by atoms with E-state index >= 15 is 0 Å². The molecule has 1 aliphatic rings. The summed E-state index contributed by atoms with van der Waals surface area (Å²) in [5.41, 5.74) is 8.87. The van der Waals surface area contributed by atoms with Crippen LogP contribution in [0.15, 0.2) is 16.6 Å². The van der Waals surface area contributed by atoms with Gasteiger partial charge in [0.15, 0.2) is 0 Å². The van der Waals surface area contributed by atoms with E-state index in [4.69, 9.17) is 10.5 Å². The van der Waals surface area contributed by atoms with E-state index in [1.54, 1.807) is 0 Å². The molecule has 17 heavy (non-hydrogen) atoms. The van der Waals surface area contributed by atoms with Crippen molar-refractivity contribution >= 4 is 27.3 Å². The first-order valence-corrected chi connectivity index (χ1v) is 6.87. The lowest BCUT2D eigenvalue weighted by molar-refractivity contribution is 0.107. The van der Waals surface area contributed by atoms with Crippen molar-refractivity contribution in [2.24, 2.45) is 0 Å². The summed E-state index contributed by atoms with van der Waals surface area (Å²) < 4.78 is 6.61. The zero-order valence-electron chi connectivity index (χ0n) is 10.1. The van der Waals surface area contributed by atoms with Crippen LogP contribution in [0.3, 0.4) is 0 Å². The molecule has 0 amide bonds. The summed E-state index contributed by atoms with van der Waals surface area (Å²) >= 11 is 3.52. The topological polar surface area (TPSA) is 47.3 Å². The molecule has 0 aromatic heterocycles. The van der Waals surface area contributed by atoms with Gasteiger partial charge in [0, 0.05) is 29.0 Å². The number of aryl methyl sites for hydroxylation is 1. The van der Waals surface area contributed by atoms with Gasteiger partial charge in [-0.1, -0.05) is 0 Å². The summed E-state index contributed by atoms with van der Waals surface area (Å²) in [7, 11) is 0. The minimum atomic E-state index is 0.441. The highest BCUT2D eigenvalue weighted by Gasteiger charge is 2.14. The molecule has 3 nitrogen and oxygen atoms in total. The van der Waals surface area contributed by atoms with Crippen LogP contribution in [-0.4, -0.2) is 19.3 Å². The van der Waals surface area contributed by atoms with Crippen LogP contribution in [-0.2, 0) is 4.74 Å². The fourth-order valence-corrected chi connectivity index (χ4v) is 2.57. The van der Waals surface area contributed by atoms with E-state index in [-0.39, 0.29) is 0 Å². The van der Waals surface area contributed by atoms with Gasteiger partial charge in [-0.3, -0.25) is 0 Å². The van der Waals surface area contributed by atoms with Gasteiger partial charge >= 0.3 is 0 Å². The number of rotatable bonds is 4. The van der Waals surface area contributed by atoms with Crippen molar-refractivity contribution in [3.63, 3.8) is 0 Å². The Morgan fingerprint density at radius 1 is 1.53 bits per heavy atom. The van der Waals surface area contributed by atoms with E-state index in [1.165, 1.54) is 12.8 Å². The van der Waals surface area contributed by atoms with Gasteiger partial charge in [-0.15, -0.1) is 0 Å². The van der Waals surface area contributed by atoms with Crippen LogP contribution in [0.5, 0.6) is 0 Å². The molecular formula is C13H19BrN2O. The van der Waals surface area contributed by atoms with Crippen molar-refractivity contribution in [3.05, 3.63) is 22.2 Å². The van der Waals surface area contributed by atoms with Crippen LogP contribution in [0.1, 0.15) is 24.8 Å². The second kappa shape index (κ2) is 5.74. The van der Waals surface area contributed by atoms with Gasteiger partial charge in [0.2, 0.25) is 0 Å². The molecular weight excluding hydrogens is 280 g/mol. The first kappa shape index (κ1) is 12.7. The monoisotopic (exact) mass is 298 g/mol. The zero-order chi connectivity index (χ0) is 12.3. The third kappa shape index (κ3) is 3.36. The van der Waals surface area contributed by atoms with Gasteiger partial charge in [0.25, 0.3) is 0 Å². The predicted molar refractivity (Wildman–Crippen MR) is 75.4 cm³/mol. The maximum Gasteiger partial charge on any atom is 0.0592 e. The van der Waals surface area contributed by atoms with Crippen LogP contribution in [0.25, 0.3) is 0 Å². The van der Waals surface area contributed by atoms with Crippen LogP contribution in [0.4, 0.5) is 11.4 Å². The zero-order valence-corrected chi connectivity index (χ0v) is 11.7. The molecule has 1 fully saturated rings. The molecule has 2 rings (SSSR count). The normalized spacial score (nSPS) is 19.5. The lowest BCUT2D eigenvalue weighted by atomic mass is 10.1. The molecule has 0 bridgehead atoms. The summed E-state index contributed by atoms with van der Waals surface area (Å²) in [6.45, 7) is 3.88. The Balaban J connectivity index is 1.87. The maximum atomic E-state index is 5.84. The van der Waals surface area contributed by atoms with Crippen LogP contribution in [0, 0.1) is 6.92 Å². The predicted octanol–water partition coefficient (Wildman–Crippen LogP) is 3.32. The molecule has 94 valence electrons. The van der Waals surface area contributed by atoms with Crippen LogP contribution < -0.4 is 11.1 Å². The number of halogens is 1. The number of nitrogen functional groups attached to an aromatic ring is 1. The van der Waals surface area contributed by atoms with Crippen molar-refractivity contribution in [1.29, 1.82) is 0 Å². The minimum absolute atomic E-state index is 0.441. The first-order chi connectivity index (χ1) is 8.16. The van der Waals surface area contributed by atoms with E-state index in [0.717, 1.165) is 41.0 Å². The summed E-state index contributed by atoms with van der Waals surface area (Å²) in [6.07, 6.45) is 3.91. The molecule has 1 atom stereocenters. The number of hydrogen-bond donors (Lipinski definition) is 2. The van der Waals surface area contributed by atoms with Gasteiger partial charge in [-0.25, -0.2) is 0 Å². The highest BCUT2D eigenvalue weighted by Crippen LogP contribution is 2.28. The third-order valence-electron chi connectivity index (χ3n) is 3.16. The molecule has 0 aliphatic carbocycles. The standard InChI is InChI=1S/C13H19BrN2O/c1-9-7-13(11(14)8-12(9)15)16-5-4-10-3-2-6-17-10/h7-8,10,16H,2-6,15H2,1H3. The molecule has 1 heterocycles. The van der Waals surface area contributed by atoms with Crippen LogP contribution >= 0.6 is 15.9 Å². The smallest absolute Gasteiger partial charge is 0.0592 e. The van der Waals surface area contributed by atoms with E-state index in [9.17, 15) is 0 Å². The minimum Gasteiger partial charge on any atom is -0.398 e. The summed E-state index contributed by atoms with van der Waals surface area (Å²) in [4.78, 5) is 0. The number of nitrogens with one attached hydrogen (secondary N) is 1. The first-order valence-electron chi connectivity index (χ1n) is 6.08. The molecule has 0 saturated carbocycles. The maximum absolute atomic E-state index is 5.84. The van der Waals surface area contributed by atoms with Gasteiger partial charge in [-0.2, -0.15) is 0 Å². The van der Waals surface area contributed by atoms with Gasteiger partial charge < -0.3 is 15.8 Å². The molecule has 3 N–H and O–H groups in total. The van der Waals surface area contributed by atoms with Crippen molar-refractivity contribution in [2.75, 3.05) is 24.2 Å². The Bertz CT molecular complexity index is 389. The van der Waals surface area contributed by atoms with Crippen LogP contribution in [0.2, 0.25) is 0 Å². The number of benzene rings is 1. The number of ether oxygens (including phenoxy) is 1. The van der Waals surface area contributed by atoms with Crippen molar-refractivity contribution < 1.29 is 4.74 Å². The number of nitrogens with two attached hydrogens (primary N) is 1. The molecule has 1 saturated heterocycles. The second-order valence-electron chi connectivity index (χ2n) is 4.54. The van der Waals surface area contributed by atoms with Gasteiger partial charge in [0.1, 0.15) is 0 Å². The Labute approximate surface area is 111 Å². The van der Waals surface area contributed by atoms with Gasteiger partial charge in [-0.05, 0) is 59.8 Å². The highest BCUT2D eigenvalue weighted by molar-refractivity contribution is 9.10. The Morgan fingerprint density at radius 2 is 2.35 bits per heavy atom. The molecule has 0 radical (unpaired) electrons. The van der Waals surface area contributed by atoms with E-state index in [1.807, 2.05) is 13.0 Å². The molecule has 1 aromatic rings. The molecule has 1 unspecified atom stereocenters. The summed E-state index contributed by atoms with van der Waals surface area (Å²) in [5, 5.41) is 3.43. The Morgan fingerprint density at radius 3 is 3.06 bits per heavy atom. The van der Waals surface area contributed by atoms with E-state index in [0.29, 0.717) is 6.10 Å². The Hall–Kier alpha value is -0.740. The fraction of sp³-hybridized carbons (Fsp3) is 0.538. The molecule has 1 aromatic carbocycles. The molecule has 4 heteroatoms. The SMILES string of the molecule is Cc1cc(NCCC2CCCO2)c(Br)cc1N. The average molecular weight is 299 g/mol. The fourth-order valence-electron chi connectivity index (χ4n) is 2.07. The highest BCUT2D eigenvalue weighted by atomic mass is 79.9. The van der Waals surface area contributed by atoms with Crippen molar-refractivity contribution in [2.45, 2.75) is 32.3 Å². The van der Waals surface area contributed by atoms with E-state index < -0.39 is 0 Å². The third-order valence-corrected chi connectivity index (χ3v) is 3.82. The summed E-state index contributed by atoms with van der Waals surface area (Å²) in [6, 6.07) is 4.03. The lowest BCUT2D eigenvalue weighted by Gasteiger charge is -2.13. The molecule has 0 spiro atoms. The van der Waals surface area contributed by atoms with E-state index in [2.05, 4.69) is 27.3 Å². The largest absolute Gasteiger partial charge is 0.398 e. The van der Waals surface area contributed by atoms with Crippen molar-refractivity contribution in [3.8, 4) is 0 Å². The number of anilines is 2. The number of hydrogen-bond acceptors (Lipinski definition) is 3. The Kier molecular flexibility index (Phi) is 4.29. The molecule has 1 aliphatic heterocycles. The summed E-state index contributed by atoms with van der Waals surface area (Å²) in [5.74, 6) is 0. The average Bonchev–Trinajstić information content (AvgIpc) is 2.78.